The molecule has 1 N–H and O–H groups in total. The summed E-state index contributed by atoms with van der Waals surface area (Å²) in [6.07, 6.45) is 2.20. The predicted molar refractivity (Wildman–Crippen MR) is 153 cm³/mol. The maximum atomic E-state index is 9.52. The van der Waals surface area contributed by atoms with Crippen LogP contribution in [0.3, 0.4) is 0 Å². The predicted octanol–water partition coefficient (Wildman–Crippen LogP) is 6.77. The van der Waals surface area contributed by atoms with Crippen LogP contribution in [0.4, 0.5) is 11.6 Å². The number of rotatable bonds is 7. The Morgan fingerprint density at radius 3 is 2.46 bits per heavy atom. The minimum absolute atomic E-state index is 0.199. The van der Waals surface area contributed by atoms with Crippen LogP contribution in [0, 0.1) is 11.3 Å². The summed E-state index contributed by atoms with van der Waals surface area (Å²) in [6.45, 7) is 13.7. The van der Waals surface area contributed by atoms with E-state index in [0.29, 0.717) is 28.7 Å². The van der Waals surface area contributed by atoms with Gasteiger partial charge < -0.3 is 19.4 Å². The number of benzene rings is 2. The summed E-state index contributed by atoms with van der Waals surface area (Å²) in [5.41, 5.74) is 1.58. The molecule has 9 heteroatoms. The third-order valence-corrected chi connectivity index (χ3v) is 12.4. The van der Waals surface area contributed by atoms with Gasteiger partial charge in [-0.1, -0.05) is 38.4 Å². The second-order valence-electron chi connectivity index (χ2n) is 11.1. The zero-order chi connectivity index (χ0) is 26.8. The lowest BCUT2D eigenvalue weighted by molar-refractivity contribution is 0.152. The molecule has 0 unspecified atom stereocenters. The van der Waals surface area contributed by atoms with Crippen LogP contribution in [0.2, 0.25) is 23.2 Å². The first-order chi connectivity index (χ1) is 17.5. The highest BCUT2D eigenvalue weighted by Crippen LogP contribution is 2.39. The van der Waals surface area contributed by atoms with E-state index in [2.05, 4.69) is 60.3 Å². The van der Waals surface area contributed by atoms with E-state index >= 15 is 0 Å². The minimum Gasteiger partial charge on any atom is -0.495 e. The van der Waals surface area contributed by atoms with Gasteiger partial charge in [-0.15, -0.1) is 10.2 Å². The number of nitrogens with zero attached hydrogens (tertiary/aromatic N) is 4. The number of hydrogen-bond donors (Lipinski definition) is 1. The first-order valence-corrected chi connectivity index (χ1v) is 16.0. The normalized spacial score (nSPS) is 15.0. The van der Waals surface area contributed by atoms with E-state index < -0.39 is 8.32 Å². The Hall–Kier alpha value is -2.86. The second kappa shape index (κ2) is 10.9. The third kappa shape index (κ3) is 6.01. The van der Waals surface area contributed by atoms with Gasteiger partial charge in [-0.2, -0.15) is 5.26 Å². The number of methoxy groups -OCH3 is 1. The average molecular weight is 538 g/mol. The van der Waals surface area contributed by atoms with Gasteiger partial charge in [-0.3, -0.25) is 0 Å². The van der Waals surface area contributed by atoms with Crippen molar-refractivity contribution in [2.24, 2.45) is 0 Å². The van der Waals surface area contributed by atoms with Crippen LogP contribution in [0.1, 0.15) is 44.7 Å². The molecule has 4 rings (SSSR count). The lowest BCUT2D eigenvalue weighted by Crippen LogP contribution is -2.47. The Balaban J connectivity index is 1.54. The molecule has 1 saturated heterocycles. The Kier molecular flexibility index (Phi) is 7.98. The molecule has 2 heterocycles. The Morgan fingerprint density at radius 2 is 1.84 bits per heavy atom. The minimum atomic E-state index is -1.80. The molecule has 37 heavy (non-hydrogen) atoms. The SMILES string of the molecule is COc1ccc(CNc2nnc(N3CCC(O[Si](C)(C)C(C)(C)C)CC3)c3ccc(C#N)cc23)cc1Cl. The third-order valence-electron chi connectivity index (χ3n) is 7.57. The van der Waals surface area contributed by atoms with Crippen molar-refractivity contribution in [1.82, 2.24) is 10.2 Å². The zero-order valence-electron chi connectivity index (χ0n) is 22.6. The van der Waals surface area contributed by atoms with Crippen molar-refractivity contribution in [3.8, 4) is 11.8 Å². The fourth-order valence-electron chi connectivity index (χ4n) is 4.36. The lowest BCUT2D eigenvalue weighted by atomic mass is 10.1. The van der Waals surface area contributed by atoms with Crippen LogP contribution in [-0.2, 0) is 11.0 Å². The molecular weight excluding hydrogens is 502 g/mol. The summed E-state index contributed by atoms with van der Waals surface area (Å²) >= 11 is 6.29. The maximum Gasteiger partial charge on any atom is 0.192 e. The number of piperidine rings is 1. The number of nitriles is 1. The topological polar surface area (TPSA) is 83.3 Å². The van der Waals surface area contributed by atoms with E-state index in [0.717, 1.165) is 48.1 Å². The van der Waals surface area contributed by atoms with Crippen LogP contribution < -0.4 is 15.0 Å². The summed E-state index contributed by atoms with van der Waals surface area (Å²) in [7, 11) is -0.206. The Bertz CT molecular complexity index is 1310. The van der Waals surface area contributed by atoms with Crippen molar-refractivity contribution >= 4 is 42.3 Å². The van der Waals surface area contributed by atoms with Crippen LogP contribution in [0.15, 0.2) is 36.4 Å². The Morgan fingerprint density at radius 1 is 1.11 bits per heavy atom. The molecule has 0 radical (unpaired) electrons. The highest BCUT2D eigenvalue weighted by Gasteiger charge is 2.39. The smallest absolute Gasteiger partial charge is 0.192 e. The monoisotopic (exact) mass is 537 g/mol. The van der Waals surface area contributed by atoms with Gasteiger partial charge >= 0.3 is 0 Å². The van der Waals surface area contributed by atoms with E-state index in [9.17, 15) is 5.26 Å². The number of nitrogens with one attached hydrogen (secondary N) is 1. The molecule has 0 bridgehead atoms. The number of hydrogen-bond acceptors (Lipinski definition) is 7. The molecule has 2 aromatic carbocycles. The number of ether oxygens (including phenoxy) is 1. The standard InChI is InChI=1S/C28H36ClN5O2Si/c1-28(2,3)37(5,6)36-21-11-13-34(14-12-21)27-22-9-7-19(17-30)15-23(22)26(32-33-27)31-18-20-8-10-25(35-4)24(29)16-20/h7-10,15-16,21H,11-14,18H2,1-6H3,(H,31,32). The molecule has 0 saturated carbocycles. The van der Waals surface area contributed by atoms with Crippen molar-refractivity contribution < 1.29 is 9.16 Å². The molecule has 1 aliphatic rings. The molecule has 0 atom stereocenters. The van der Waals surface area contributed by atoms with Crippen molar-refractivity contribution in [1.29, 1.82) is 5.26 Å². The summed E-state index contributed by atoms with van der Waals surface area (Å²) in [5, 5.41) is 24.7. The van der Waals surface area contributed by atoms with Gasteiger partial charge in [-0.25, -0.2) is 0 Å². The molecular formula is C28H36ClN5O2Si. The van der Waals surface area contributed by atoms with Crippen LogP contribution in [0.25, 0.3) is 10.8 Å². The molecule has 196 valence electrons. The number of halogens is 1. The second-order valence-corrected chi connectivity index (χ2v) is 16.3. The van der Waals surface area contributed by atoms with Crippen LogP contribution in [0.5, 0.6) is 5.75 Å². The summed E-state index contributed by atoms with van der Waals surface area (Å²) in [5.74, 6) is 2.12. The average Bonchev–Trinajstić information content (AvgIpc) is 2.86. The molecule has 0 spiro atoms. The van der Waals surface area contributed by atoms with E-state index in [4.69, 9.17) is 20.8 Å². The van der Waals surface area contributed by atoms with E-state index in [1.807, 2.05) is 36.4 Å². The molecule has 1 aliphatic heterocycles. The van der Waals surface area contributed by atoms with Crippen molar-refractivity contribution in [2.45, 2.75) is 64.4 Å². The van der Waals surface area contributed by atoms with Gasteiger partial charge in [0.05, 0.1) is 23.8 Å². The summed E-state index contributed by atoms with van der Waals surface area (Å²) < 4.78 is 11.9. The highest BCUT2D eigenvalue weighted by atomic mass is 35.5. The maximum absolute atomic E-state index is 9.52. The van der Waals surface area contributed by atoms with Crippen molar-refractivity contribution in [3.63, 3.8) is 0 Å². The van der Waals surface area contributed by atoms with E-state index in [1.165, 1.54) is 0 Å². The largest absolute Gasteiger partial charge is 0.495 e. The molecule has 1 fully saturated rings. The van der Waals surface area contributed by atoms with Crippen LogP contribution >= 0.6 is 11.6 Å². The van der Waals surface area contributed by atoms with E-state index in [1.54, 1.807) is 7.11 Å². The van der Waals surface area contributed by atoms with Gasteiger partial charge in [0.25, 0.3) is 0 Å². The van der Waals surface area contributed by atoms with Gasteiger partial charge in [0.15, 0.2) is 20.0 Å². The van der Waals surface area contributed by atoms with Crippen molar-refractivity contribution in [3.05, 3.63) is 52.5 Å². The molecule has 7 nitrogen and oxygen atoms in total. The van der Waals surface area contributed by atoms with Crippen molar-refractivity contribution in [2.75, 3.05) is 30.4 Å². The number of anilines is 2. The highest BCUT2D eigenvalue weighted by molar-refractivity contribution is 6.74. The quantitative estimate of drug-likeness (QED) is 0.333. The lowest BCUT2D eigenvalue weighted by Gasteiger charge is -2.42. The van der Waals surface area contributed by atoms with Gasteiger partial charge in [-0.05, 0) is 66.9 Å². The molecule has 1 aromatic heterocycles. The molecule has 3 aromatic rings. The van der Waals surface area contributed by atoms with Gasteiger partial charge in [0, 0.05) is 36.5 Å². The number of aromatic nitrogens is 2. The van der Waals surface area contributed by atoms with Crippen LogP contribution in [-0.4, -0.2) is 44.8 Å². The molecule has 0 aliphatic carbocycles. The first kappa shape index (κ1) is 27.2. The fourth-order valence-corrected chi connectivity index (χ4v) is 6.06. The number of fused-ring (bicyclic) bond motifs is 1. The summed E-state index contributed by atoms with van der Waals surface area (Å²) in [4.78, 5) is 2.29. The fraction of sp³-hybridized carbons (Fsp3) is 0.464. The molecule has 0 amide bonds. The van der Waals surface area contributed by atoms with Gasteiger partial charge in [0.1, 0.15) is 5.75 Å². The van der Waals surface area contributed by atoms with Gasteiger partial charge in [0.2, 0.25) is 0 Å². The first-order valence-electron chi connectivity index (χ1n) is 12.7. The van der Waals surface area contributed by atoms with E-state index in [-0.39, 0.29) is 11.1 Å². The zero-order valence-corrected chi connectivity index (χ0v) is 24.3. The summed E-state index contributed by atoms with van der Waals surface area (Å²) in [6, 6.07) is 13.6. The Labute approximate surface area is 225 Å².